The summed E-state index contributed by atoms with van der Waals surface area (Å²) in [6.45, 7) is 3.38. The van der Waals surface area contributed by atoms with Crippen molar-refractivity contribution in [3.05, 3.63) is 56.5 Å². The van der Waals surface area contributed by atoms with Gasteiger partial charge in [-0.25, -0.2) is 0 Å². The van der Waals surface area contributed by atoms with Crippen LogP contribution in [0.25, 0.3) is 0 Å². The average Bonchev–Trinajstić information content (AvgIpc) is 2.35. The summed E-state index contributed by atoms with van der Waals surface area (Å²) in [7, 11) is 0. The van der Waals surface area contributed by atoms with Crippen LogP contribution in [0.4, 0.5) is 5.69 Å². The van der Waals surface area contributed by atoms with Crippen LogP contribution in [0.2, 0.25) is 5.02 Å². The molecule has 0 radical (unpaired) electrons. The van der Waals surface area contributed by atoms with Crippen LogP contribution in [0.3, 0.4) is 0 Å². The summed E-state index contributed by atoms with van der Waals surface area (Å²) >= 11 is 5.87. The number of benzene rings is 1. The molecule has 0 atom stereocenters. The zero-order valence-corrected chi connectivity index (χ0v) is 11.7. The minimum Gasteiger partial charge on any atom is -0.505 e. The molecule has 1 aromatic heterocycles. The van der Waals surface area contributed by atoms with Gasteiger partial charge in [0.1, 0.15) is 11.3 Å². The Hall–Kier alpha value is -2.27. The molecule has 0 aliphatic heterocycles. The fourth-order valence-corrected chi connectivity index (χ4v) is 2.04. The number of pyridine rings is 1. The van der Waals surface area contributed by atoms with Crippen LogP contribution in [-0.2, 0) is 0 Å². The smallest absolute Gasteiger partial charge is 0.261 e. The van der Waals surface area contributed by atoms with Gasteiger partial charge in [-0.15, -0.1) is 0 Å². The first-order valence-electron chi connectivity index (χ1n) is 5.89. The van der Waals surface area contributed by atoms with Gasteiger partial charge in [-0.3, -0.25) is 9.59 Å². The largest absolute Gasteiger partial charge is 0.505 e. The van der Waals surface area contributed by atoms with Gasteiger partial charge in [-0.05, 0) is 43.7 Å². The molecule has 0 unspecified atom stereocenters. The average molecular weight is 293 g/mol. The summed E-state index contributed by atoms with van der Waals surface area (Å²) in [5, 5.41) is 12.7. The minimum atomic E-state index is -0.608. The molecule has 3 N–H and O–H groups in total. The molecule has 6 heteroatoms. The molecule has 0 saturated heterocycles. The summed E-state index contributed by atoms with van der Waals surface area (Å²) in [5.41, 5.74) is 0.840. The highest BCUT2D eigenvalue weighted by Gasteiger charge is 2.14. The summed E-state index contributed by atoms with van der Waals surface area (Å²) in [6, 6.07) is 6.05. The van der Waals surface area contributed by atoms with Gasteiger partial charge in [-0.1, -0.05) is 11.6 Å². The number of halogens is 1. The number of hydrogen-bond donors (Lipinski definition) is 3. The lowest BCUT2D eigenvalue weighted by molar-refractivity contribution is 0.102. The van der Waals surface area contributed by atoms with E-state index in [-0.39, 0.29) is 17.0 Å². The first-order chi connectivity index (χ1) is 9.38. The number of carbonyl (C=O) groups is 1. The van der Waals surface area contributed by atoms with Gasteiger partial charge in [0.25, 0.3) is 11.5 Å². The van der Waals surface area contributed by atoms with E-state index in [1.54, 1.807) is 26.0 Å². The van der Waals surface area contributed by atoms with Crippen LogP contribution >= 0.6 is 11.6 Å². The normalized spacial score (nSPS) is 10.3. The minimum absolute atomic E-state index is 0.0346. The standard InChI is InChI=1S/C14H13ClN2O3/c1-7-5-9(15)6-11(12(7)18)17-14(20)10-4-3-8(2)16-13(10)19/h3-6,18H,1-2H3,(H,16,19)(H,17,20). The number of amides is 1. The third-order valence-corrected chi connectivity index (χ3v) is 3.03. The highest BCUT2D eigenvalue weighted by atomic mass is 35.5. The van der Waals surface area contributed by atoms with Gasteiger partial charge >= 0.3 is 0 Å². The van der Waals surface area contributed by atoms with Gasteiger partial charge in [0.15, 0.2) is 0 Å². The van der Waals surface area contributed by atoms with Gasteiger partial charge in [0.05, 0.1) is 5.69 Å². The number of aryl methyl sites for hydroxylation is 2. The van der Waals surface area contributed by atoms with E-state index in [2.05, 4.69) is 10.3 Å². The van der Waals surface area contributed by atoms with E-state index in [1.807, 2.05) is 0 Å². The molecule has 1 aromatic carbocycles. The lowest BCUT2D eigenvalue weighted by atomic mass is 10.1. The van der Waals surface area contributed by atoms with Crippen molar-refractivity contribution >= 4 is 23.2 Å². The van der Waals surface area contributed by atoms with Crippen molar-refractivity contribution in [1.82, 2.24) is 4.98 Å². The lowest BCUT2D eigenvalue weighted by Crippen LogP contribution is -2.23. The van der Waals surface area contributed by atoms with E-state index in [0.717, 1.165) is 0 Å². The van der Waals surface area contributed by atoms with E-state index < -0.39 is 11.5 Å². The highest BCUT2D eigenvalue weighted by Crippen LogP contribution is 2.31. The Morgan fingerprint density at radius 3 is 2.65 bits per heavy atom. The van der Waals surface area contributed by atoms with Crippen molar-refractivity contribution in [2.45, 2.75) is 13.8 Å². The number of anilines is 1. The van der Waals surface area contributed by atoms with Crippen LogP contribution in [0.1, 0.15) is 21.6 Å². The van der Waals surface area contributed by atoms with Gasteiger partial charge in [0, 0.05) is 10.7 Å². The first kappa shape index (κ1) is 14.1. The Kier molecular flexibility index (Phi) is 3.81. The monoisotopic (exact) mass is 292 g/mol. The predicted molar refractivity (Wildman–Crippen MR) is 77.6 cm³/mol. The molecule has 0 aliphatic carbocycles. The zero-order chi connectivity index (χ0) is 14.9. The first-order valence-corrected chi connectivity index (χ1v) is 6.26. The molecule has 0 saturated carbocycles. The van der Waals surface area contributed by atoms with Crippen LogP contribution in [0.15, 0.2) is 29.1 Å². The van der Waals surface area contributed by atoms with Crippen molar-refractivity contribution in [1.29, 1.82) is 0 Å². The number of phenols is 1. The fourth-order valence-electron chi connectivity index (χ4n) is 1.77. The Labute approximate surface area is 120 Å². The van der Waals surface area contributed by atoms with Crippen LogP contribution < -0.4 is 10.9 Å². The second-order valence-corrected chi connectivity index (χ2v) is 4.89. The highest BCUT2D eigenvalue weighted by molar-refractivity contribution is 6.31. The second-order valence-electron chi connectivity index (χ2n) is 4.46. The number of aromatic hydroxyl groups is 1. The molecule has 1 amide bonds. The van der Waals surface area contributed by atoms with E-state index in [4.69, 9.17) is 11.6 Å². The zero-order valence-electron chi connectivity index (χ0n) is 11.0. The second kappa shape index (κ2) is 5.38. The summed E-state index contributed by atoms with van der Waals surface area (Å²) < 4.78 is 0. The molecule has 20 heavy (non-hydrogen) atoms. The Balaban J connectivity index is 2.35. The molecule has 2 rings (SSSR count). The maximum Gasteiger partial charge on any atom is 0.261 e. The number of nitrogens with one attached hydrogen (secondary N) is 2. The molecular weight excluding hydrogens is 280 g/mol. The summed E-state index contributed by atoms with van der Waals surface area (Å²) in [5.74, 6) is -0.686. The van der Waals surface area contributed by atoms with Crippen molar-refractivity contribution in [3.63, 3.8) is 0 Å². The quantitative estimate of drug-likeness (QED) is 0.744. The Morgan fingerprint density at radius 1 is 1.30 bits per heavy atom. The molecular formula is C14H13ClN2O3. The lowest BCUT2D eigenvalue weighted by Gasteiger charge is -2.09. The molecule has 0 aliphatic rings. The van der Waals surface area contributed by atoms with Crippen molar-refractivity contribution < 1.29 is 9.90 Å². The third-order valence-electron chi connectivity index (χ3n) is 2.81. The van der Waals surface area contributed by atoms with E-state index in [1.165, 1.54) is 12.1 Å². The molecule has 5 nitrogen and oxygen atoms in total. The molecule has 1 heterocycles. The van der Waals surface area contributed by atoms with Crippen molar-refractivity contribution in [3.8, 4) is 5.75 Å². The molecule has 0 spiro atoms. The number of carbonyl (C=O) groups excluding carboxylic acids is 1. The SMILES string of the molecule is Cc1ccc(C(=O)Nc2cc(Cl)cc(C)c2O)c(=O)[nH]1. The van der Waals surface area contributed by atoms with E-state index in [9.17, 15) is 14.7 Å². The van der Waals surface area contributed by atoms with E-state index in [0.29, 0.717) is 16.3 Å². The fraction of sp³-hybridized carbons (Fsp3) is 0.143. The van der Waals surface area contributed by atoms with Crippen LogP contribution in [0.5, 0.6) is 5.75 Å². The Morgan fingerprint density at radius 2 is 2.00 bits per heavy atom. The topological polar surface area (TPSA) is 82.2 Å². The Bertz CT molecular complexity index is 738. The van der Waals surface area contributed by atoms with Gasteiger partial charge < -0.3 is 15.4 Å². The predicted octanol–water partition coefficient (Wildman–Crippen LogP) is 2.60. The van der Waals surface area contributed by atoms with Gasteiger partial charge in [0.2, 0.25) is 0 Å². The molecule has 0 fully saturated rings. The number of hydrogen-bond acceptors (Lipinski definition) is 3. The summed E-state index contributed by atoms with van der Waals surface area (Å²) in [4.78, 5) is 26.3. The van der Waals surface area contributed by atoms with Crippen molar-refractivity contribution in [2.24, 2.45) is 0 Å². The van der Waals surface area contributed by atoms with Crippen LogP contribution in [0, 0.1) is 13.8 Å². The van der Waals surface area contributed by atoms with Gasteiger partial charge in [-0.2, -0.15) is 0 Å². The maximum absolute atomic E-state index is 12.0. The molecule has 0 bridgehead atoms. The van der Waals surface area contributed by atoms with E-state index >= 15 is 0 Å². The maximum atomic E-state index is 12.0. The number of phenolic OH excluding ortho intramolecular Hbond substituents is 1. The number of aromatic amines is 1. The number of H-pyrrole nitrogens is 1. The third kappa shape index (κ3) is 2.83. The number of rotatable bonds is 2. The van der Waals surface area contributed by atoms with Crippen molar-refractivity contribution in [2.75, 3.05) is 5.32 Å². The molecule has 2 aromatic rings. The number of aromatic nitrogens is 1. The van der Waals surface area contributed by atoms with Crippen LogP contribution in [-0.4, -0.2) is 16.0 Å². The summed E-state index contributed by atoms with van der Waals surface area (Å²) in [6.07, 6.45) is 0. The molecule has 104 valence electrons.